The second kappa shape index (κ2) is 8.17. The number of hydrogen-bond donors (Lipinski definition) is 1. The van der Waals surface area contributed by atoms with Crippen LogP contribution in [0.5, 0.6) is 0 Å². The van der Waals surface area contributed by atoms with Crippen LogP contribution in [0.3, 0.4) is 0 Å². The summed E-state index contributed by atoms with van der Waals surface area (Å²) in [7, 11) is 0. The van der Waals surface area contributed by atoms with E-state index in [0.717, 1.165) is 50.0 Å². The number of nitrogens with zero attached hydrogens (tertiary/aromatic N) is 1. The van der Waals surface area contributed by atoms with Gasteiger partial charge < -0.3 is 15.0 Å². The average Bonchev–Trinajstić information content (AvgIpc) is 3.41. The van der Waals surface area contributed by atoms with Gasteiger partial charge in [0.2, 0.25) is 5.91 Å². The molecule has 1 aromatic rings. The van der Waals surface area contributed by atoms with Gasteiger partial charge in [0, 0.05) is 25.2 Å². The molecule has 1 aliphatic carbocycles. The van der Waals surface area contributed by atoms with Crippen molar-refractivity contribution in [3.05, 3.63) is 23.5 Å². The third-order valence-electron chi connectivity index (χ3n) is 5.33. The minimum Gasteiger partial charge on any atom is -0.376 e. The quantitative estimate of drug-likeness (QED) is 0.779. The molecule has 27 heavy (non-hydrogen) atoms. The first-order valence-corrected chi connectivity index (χ1v) is 10.3. The number of rotatable bonds is 5. The second-order valence-corrected chi connectivity index (χ2v) is 9.13. The van der Waals surface area contributed by atoms with Crippen LogP contribution in [0.15, 0.2) is 12.1 Å². The number of halogens is 1. The molecule has 0 unspecified atom stereocenters. The largest absolute Gasteiger partial charge is 0.376 e. The van der Waals surface area contributed by atoms with Crippen LogP contribution in [-0.4, -0.2) is 31.7 Å². The van der Waals surface area contributed by atoms with Crippen molar-refractivity contribution in [2.24, 2.45) is 5.41 Å². The van der Waals surface area contributed by atoms with E-state index >= 15 is 4.39 Å². The molecule has 1 saturated carbocycles. The van der Waals surface area contributed by atoms with Crippen LogP contribution >= 0.6 is 0 Å². The zero-order valence-electron chi connectivity index (χ0n) is 17.1. The van der Waals surface area contributed by atoms with Crippen LogP contribution in [0.1, 0.15) is 71.3 Å². The fourth-order valence-corrected chi connectivity index (χ4v) is 3.71. The Kier molecular flexibility index (Phi) is 6.09. The molecule has 0 aromatic heterocycles. The van der Waals surface area contributed by atoms with Crippen LogP contribution in [-0.2, 0) is 9.53 Å². The lowest BCUT2D eigenvalue weighted by molar-refractivity contribution is -0.117. The molecule has 0 radical (unpaired) electrons. The standard InChI is InChI=1S/C22H33FN2O2/c1-5-17-8-9-25(10-11-27-17)16-12-18(15-6-7-15)21(19(23)13-16)24-20(26)14-22(2,3)4/h12-13,15,17H,5-11,14H2,1-4H3,(H,24,26)/t17-/m1/s1. The van der Waals surface area contributed by atoms with Gasteiger partial charge in [-0.15, -0.1) is 0 Å². The predicted octanol–water partition coefficient (Wildman–Crippen LogP) is 5.08. The van der Waals surface area contributed by atoms with Gasteiger partial charge in [0.05, 0.1) is 18.4 Å². The number of ether oxygens (including phenoxy) is 1. The zero-order chi connectivity index (χ0) is 19.6. The topological polar surface area (TPSA) is 41.6 Å². The Morgan fingerprint density at radius 3 is 2.63 bits per heavy atom. The Hall–Kier alpha value is -1.62. The van der Waals surface area contributed by atoms with Gasteiger partial charge in [-0.05, 0) is 54.7 Å². The molecule has 1 saturated heterocycles. The highest BCUT2D eigenvalue weighted by atomic mass is 19.1. The van der Waals surface area contributed by atoms with E-state index < -0.39 is 0 Å². The van der Waals surface area contributed by atoms with Crippen molar-refractivity contribution in [1.29, 1.82) is 0 Å². The Morgan fingerprint density at radius 1 is 1.26 bits per heavy atom. The van der Waals surface area contributed by atoms with Gasteiger partial charge >= 0.3 is 0 Å². The van der Waals surface area contributed by atoms with E-state index in [2.05, 4.69) is 23.2 Å². The van der Waals surface area contributed by atoms with Crippen molar-refractivity contribution in [1.82, 2.24) is 0 Å². The molecule has 1 amide bonds. The summed E-state index contributed by atoms with van der Waals surface area (Å²) in [5.74, 6) is -0.0881. The van der Waals surface area contributed by atoms with Crippen molar-refractivity contribution in [3.63, 3.8) is 0 Å². The lowest BCUT2D eigenvalue weighted by atomic mass is 9.92. The minimum absolute atomic E-state index is 0.120. The lowest BCUT2D eigenvalue weighted by Gasteiger charge is -2.25. The Labute approximate surface area is 162 Å². The highest BCUT2D eigenvalue weighted by Gasteiger charge is 2.30. The van der Waals surface area contributed by atoms with Crippen LogP contribution in [0.2, 0.25) is 0 Å². The summed E-state index contributed by atoms with van der Waals surface area (Å²) >= 11 is 0. The summed E-state index contributed by atoms with van der Waals surface area (Å²) in [5, 5.41) is 2.86. The van der Waals surface area contributed by atoms with Crippen LogP contribution in [0.4, 0.5) is 15.8 Å². The molecule has 5 heteroatoms. The molecule has 2 aliphatic rings. The molecule has 0 bridgehead atoms. The molecule has 1 aromatic carbocycles. The summed E-state index contributed by atoms with van der Waals surface area (Å²) in [5.41, 5.74) is 2.11. The fraction of sp³-hybridized carbons (Fsp3) is 0.682. The third kappa shape index (κ3) is 5.44. The second-order valence-electron chi connectivity index (χ2n) is 9.13. The van der Waals surface area contributed by atoms with Crippen molar-refractivity contribution in [3.8, 4) is 0 Å². The Balaban J connectivity index is 1.81. The highest BCUT2D eigenvalue weighted by molar-refractivity contribution is 5.92. The van der Waals surface area contributed by atoms with Crippen molar-refractivity contribution >= 4 is 17.3 Å². The molecule has 3 rings (SSSR count). The summed E-state index contributed by atoms with van der Waals surface area (Å²) < 4.78 is 20.9. The molecule has 1 heterocycles. The summed E-state index contributed by atoms with van der Waals surface area (Å²) in [6.45, 7) is 10.5. The monoisotopic (exact) mass is 376 g/mol. The Morgan fingerprint density at radius 2 is 2.00 bits per heavy atom. The SMILES string of the molecule is CC[C@@H]1CCN(c2cc(F)c(NC(=O)CC(C)(C)C)c(C3CC3)c2)CCO1. The number of carbonyl (C=O) groups is 1. The van der Waals surface area contributed by atoms with Crippen molar-refractivity contribution in [2.75, 3.05) is 29.9 Å². The summed E-state index contributed by atoms with van der Waals surface area (Å²) in [4.78, 5) is 14.6. The molecule has 1 atom stereocenters. The molecule has 2 fully saturated rings. The maximum Gasteiger partial charge on any atom is 0.224 e. The van der Waals surface area contributed by atoms with E-state index in [9.17, 15) is 4.79 Å². The predicted molar refractivity (Wildman–Crippen MR) is 108 cm³/mol. The smallest absolute Gasteiger partial charge is 0.224 e. The molecule has 150 valence electrons. The van der Waals surface area contributed by atoms with Gasteiger partial charge in [-0.1, -0.05) is 27.7 Å². The number of hydrogen-bond acceptors (Lipinski definition) is 3. The van der Waals surface area contributed by atoms with Crippen LogP contribution < -0.4 is 10.2 Å². The average molecular weight is 377 g/mol. The number of amides is 1. The van der Waals surface area contributed by atoms with E-state index in [-0.39, 0.29) is 17.1 Å². The van der Waals surface area contributed by atoms with Gasteiger partial charge in [0.15, 0.2) is 0 Å². The van der Waals surface area contributed by atoms with E-state index in [1.165, 1.54) is 0 Å². The van der Waals surface area contributed by atoms with Gasteiger partial charge in [-0.2, -0.15) is 0 Å². The third-order valence-corrected chi connectivity index (χ3v) is 5.33. The maximum atomic E-state index is 15.0. The maximum absolute atomic E-state index is 15.0. The van der Waals surface area contributed by atoms with Gasteiger partial charge in [0.25, 0.3) is 0 Å². The van der Waals surface area contributed by atoms with Gasteiger partial charge in [-0.3, -0.25) is 4.79 Å². The number of nitrogens with one attached hydrogen (secondary N) is 1. The molecular weight excluding hydrogens is 343 g/mol. The van der Waals surface area contributed by atoms with E-state index in [4.69, 9.17) is 4.74 Å². The summed E-state index contributed by atoms with van der Waals surface area (Å²) in [6.07, 6.45) is 4.76. The first kappa shape index (κ1) is 20.1. The highest BCUT2D eigenvalue weighted by Crippen LogP contribution is 2.46. The number of benzene rings is 1. The molecule has 4 nitrogen and oxygen atoms in total. The van der Waals surface area contributed by atoms with E-state index in [1.807, 2.05) is 20.8 Å². The summed E-state index contributed by atoms with van der Waals surface area (Å²) in [6, 6.07) is 3.66. The molecule has 0 spiro atoms. The number of carbonyl (C=O) groups excluding carboxylic acids is 1. The van der Waals surface area contributed by atoms with E-state index in [1.54, 1.807) is 6.07 Å². The van der Waals surface area contributed by atoms with Gasteiger partial charge in [-0.25, -0.2) is 4.39 Å². The first-order valence-electron chi connectivity index (χ1n) is 10.3. The van der Waals surface area contributed by atoms with Crippen molar-refractivity contribution in [2.45, 2.75) is 71.8 Å². The lowest BCUT2D eigenvalue weighted by Crippen LogP contribution is -2.26. The number of anilines is 2. The normalized spacial score (nSPS) is 21.1. The van der Waals surface area contributed by atoms with Gasteiger partial charge in [0.1, 0.15) is 5.82 Å². The molecule has 1 aliphatic heterocycles. The van der Waals surface area contributed by atoms with Crippen molar-refractivity contribution < 1.29 is 13.9 Å². The molecular formula is C22H33FN2O2. The molecule has 1 N–H and O–H groups in total. The van der Waals surface area contributed by atoms with Crippen LogP contribution in [0, 0.1) is 11.2 Å². The van der Waals surface area contributed by atoms with Crippen LogP contribution in [0.25, 0.3) is 0 Å². The fourth-order valence-electron chi connectivity index (χ4n) is 3.71. The zero-order valence-corrected chi connectivity index (χ0v) is 17.1. The van der Waals surface area contributed by atoms with E-state index in [0.29, 0.717) is 30.7 Å². The minimum atomic E-state index is -0.325. The first-order chi connectivity index (χ1) is 12.8. The Bertz CT molecular complexity index is 680.